The molecule has 0 aliphatic carbocycles. The smallest absolute Gasteiger partial charge is 0.327 e. The average molecular weight is 312 g/mol. The van der Waals surface area contributed by atoms with Crippen molar-refractivity contribution in [1.29, 1.82) is 0 Å². The summed E-state index contributed by atoms with van der Waals surface area (Å²) >= 11 is 1.58. The summed E-state index contributed by atoms with van der Waals surface area (Å²) in [5.41, 5.74) is 2.11. The van der Waals surface area contributed by atoms with Crippen LogP contribution in [-0.4, -0.2) is 20.6 Å². The second-order valence-electron chi connectivity index (χ2n) is 5.13. The first-order valence-corrected chi connectivity index (χ1v) is 7.89. The summed E-state index contributed by atoms with van der Waals surface area (Å²) in [4.78, 5) is 17.2. The highest BCUT2D eigenvalue weighted by Gasteiger charge is 2.24. The quantitative estimate of drug-likeness (QED) is 0.780. The van der Waals surface area contributed by atoms with Crippen LogP contribution in [-0.2, 0) is 11.2 Å². The molecular weight excluding hydrogens is 296 g/mol. The molecule has 0 aliphatic rings. The molecule has 3 rings (SSSR count). The maximum atomic E-state index is 11.8. The molecule has 0 amide bonds. The molecule has 3 aromatic rings. The fourth-order valence-electron chi connectivity index (χ4n) is 2.48. The zero-order valence-electron chi connectivity index (χ0n) is 12.1. The first-order chi connectivity index (χ1) is 10.7. The molecule has 0 fully saturated rings. The van der Waals surface area contributed by atoms with Gasteiger partial charge in [-0.15, -0.1) is 11.3 Å². The predicted octanol–water partition coefficient (Wildman–Crippen LogP) is 3.79. The minimum absolute atomic E-state index is 0.434. The number of benzene rings is 1. The largest absolute Gasteiger partial charge is 0.480 e. The van der Waals surface area contributed by atoms with Gasteiger partial charge in [0.1, 0.15) is 6.04 Å². The second kappa shape index (κ2) is 6.15. The Morgan fingerprint density at radius 3 is 2.73 bits per heavy atom. The molecule has 2 heterocycles. The van der Waals surface area contributed by atoms with Crippen molar-refractivity contribution in [2.75, 3.05) is 0 Å². The van der Waals surface area contributed by atoms with E-state index in [0.29, 0.717) is 6.42 Å². The van der Waals surface area contributed by atoms with Crippen molar-refractivity contribution in [2.45, 2.75) is 19.4 Å². The number of aryl methyl sites for hydroxylation is 1. The molecule has 112 valence electrons. The Kier molecular flexibility index (Phi) is 4.06. The number of aliphatic carboxylic acids is 1. The van der Waals surface area contributed by atoms with E-state index in [1.165, 1.54) is 0 Å². The van der Waals surface area contributed by atoms with Crippen molar-refractivity contribution in [3.63, 3.8) is 0 Å². The number of carboxylic acids is 1. The molecule has 4 nitrogen and oxygen atoms in total. The number of carboxylic acid groups (broad SMARTS) is 1. The molecule has 2 aromatic heterocycles. The fraction of sp³-hybridized carbons (Fsp3) is 0.176. The first-order valence-electron chi connectivity index (χ1n) is 7.01. The van der Waals surface area contributed by atoms with E-state index < -0.39 is 12.0 Å². The van der Waals surface area contributed by atoms with Crippen LogP contribution in [0.1, 0.15) is 17.2 Å². The van der Waals surface area contributed by atoms with E-state index in [2.05, 4.69) is 4.98 Å². The lowest BCUT2D eigenvalue weighted by molar-refractivity contribution is -0.140. The maximum Gasteiger partial charge on any atom is 0.327 e. The first kappa shape index (κ1) is 14.5. The van der Waals surface area contributed by atoms with Gasteiger partial charge in [0.2, 0.25) is 0 Å². The minimum Gasteiger partial charge on any atom is -0.480 e. The number of hydrogen-bond acceptors (Lipinski definition) is 3. The Labute approximate surface area is 132 Å². The fourth-order valence-corrected chi connectivity index (χ4v) is 3.41. The summed E-state index contributed by atoms with van der Waals surface area (Å²) in [6.07, 6.45) is 3.84. The van der Waals surface area contributed by atoms with Crippen molar-refractivity contribution in [3.05, 3.63) is 65.3 Å². The van der Waals surface area contributed by atoms with Crippen molar-refractivity contribution in [3.8, 4) is 10.7 Å². The molecule has 0 radical (unpaired) electrons. The van der Waals surface area contributed by atoms with E-state index in [1.54, 1.807) is 28.3 Å². The predicted molar refractivity (Wildman–Crippen MR) is 87.1 cm³/mol. The number of rotatable bonds is 5. The molecular formula is C17H16N2O2S. The topological polar surface area (TPSA) is 55.1 Å². The van der Waals surface area contributed by atoms with Crippen LogP contribution in [0.5, 0.6) is 0 Å². The number of aromatic nitrogens is 2. The zero-order valence-corrected chi connectivity index (χ0v) is 13.0. The van der Waals surface area contributed by atoms with Crippen LogP contribution in [0.25, 0.3) is 10.7 Å². The van der Waals surface area contributed by atoms with E-state index in [1.807, 2.05) is 48.7 Å². The molecule has 1 atom stereocenters. The molecule has 0 aliphatic heterocycles. The zero-order chi connectivity index (χ0) is 15.5. The lowest BCUT2D eigenvalue weighted by Gasteiger charge is -2.17. The third-order valence-electron chi connectivity index (χ3n) is 3.63. The van der Waals surface area contributed by atoms with Gasteiger partial charge < -0.3 is 9.67 Å². The van der Waals surface area contributed by atoms with Gasteiger partial charge in [-0.2, -0.15) is 0 Å². The van der Waals surface area contributed by atoms with Gasteiger partial charge in [-0.05, 0) is 29.5 Å². The van der Waals surface area contributed by atoms with Crippen LogP contribution >= 0.6 is 11.3 Å². The Morgan fingerprint density at radius 1 is 1.32 bits per heavy atom. The summed E-state index contributed by atoms with van der Waals surface area (Å²) < 4.78 is 1.76. The van der Waals surface area contributed by atoms with Gasteiger partial charge in [0.15, 0.2) is 5.82 Å². The molecule has 5 heteroatoms. The SMILES string of the molecule is Cc1ccsc1-c1nccn1C(Cc1ccccc1)C(=O)O. The number of thiophene rings is 1. The summed E-state index contributed by atoms with van der Waals surface area (Å²) in [5, 5.41) is 11.6. The normalized spacial score (nSPS) is 12.2. The molecule has 0 saturated carbocycles. The Hall–Kier alpha value is -2.40. The Bertz CT molecular complexity index is 777. The average Bonchev–Trinajstić information content (AvgIpc) is 3.13. The van der Waals surface area contributed by atoms with E-state index in [9.17, 15) is 9.90 Å². The van der Waals surface area contributed by atoms with Gasteiger partial charge in [0, 0.05) is 18.8 Å². The van der Waals surface area contributed by atoms with Crippen molar-refractivity contribution >= 4 is 17.3 Å². The maximum absolute atomic E-state index is 11.8. The molecule has 0 bridgehead atoms. The van der Waals surface area contributed by atoms with Crippen LogP contribution in [0, 0.1) is 6.92 Å². The van der Waals surface area contributed by atoms with E-state index in [4.69, 9.17) is 0 Å². The summed E-state index contributed by atoms with van der Waals surface area (Å²) in [7, 11) is 0. The number of nitrogens with zero attached hydrogens (tertiary/aromatic N) is 2. The lowest BCUT2D eigenvalue weighted by atomic mass is 10.1. The van der Waals surface area contributed by atoms with Gasteiger partial charge in [-0.3, -0.25) is 0 Å². The van der Waals surface area contributed by atoms with Gasteiger partial charge in [0.25, 0.3) is 0 Å². The molecule has 1 aromatic carbocycles. The van der Waals surface area contributed by atoms with Crippen molar-refractivity contribution in [2.24, 2.45) is 0 Å². The van der Waals surface area contributed by atoms with Gasteiger partial charge in [-0.25, -0.2) is 9.78 Å². The summed E-state index contributed by atoms with van der Waals surface area (Å²) in [6, 6.07) is 11.0. The number of carbonyl (C=O) groups is 1. The summed E-state index contributed by atoms with van der Waals surface area (Å²) in [6.45, 7) is 2.01. The van der Waals surface area contributed by atoms with Crippen LogP contribution in [0.2, 0.25) is 0 Å². The second-order valence-corrected chi connectivity index (χ2v) is 6.05. The Balaban J connectivity index is 1.99. The van der Waals surface area contributed by atoms with Crippen molar-refractivity contribution < 1.29 is 9.90 Å². The van der Waals surface area contributed by atoms with E-state index in [-0.39, 0.29) is 0 Å². The Morgan fingerprint density at radius 2 is 2.09 bits per heavy atom. The van der Waals surface area contributed by atoms with Crippen LogP contribution in [0.4, 0.5) is 0 Å². The number of imidazole rings is 1. The molecule has 0 saturated heterocycles. The standard InChI is InChI=1S/C17H16N2O2S/c1-12-7-10-22-15(12)16-18-8-9-19(16)14(17(20)21)11-13-5-3-2-4-6-13/h2-10,14H,11H2,1H3,(H,20,21). The van der Waals surface area contributed by atoms with Crippen LogP contribution < -0.4 is 0 Å². The molecule has 1 unspecified atom stereocenters. The molecule has 0 spiro atoms. The van der Waals surface area contributed by atoms with Crippen LogP contribution in [0.3, 0.4) is 0 Å². The highest BCUT2D eigenvalue weighted by molar-refractivity contribution is 7.13. The van der Waals surface area contributed by atoms with Gasteiger partial charge >= 0.3 is 5.97 Å². The van der Waals surface area contributed by atoms with Gasteiger partial charge in [-0.1, -0.05) is 30.3 Å². The minimum atomic E-state index is -0.850. The number of hydrogen-bond donors (Lipinski definition) is 1. The highest BCUT2D eigenvalue weighted by Crippen LogP contribution is 2.30. The monoisotopic (exact) mass is 312 g/mol. The highest BCUT2D eigenvalue weighted by atomic mass is 32.1. The summed E-state index contributed by atoms with van der Waals surface area (Å²) in [5.74, 6) is -0.131. The van der Waals surface area contributed by atoms with E-state index >= 15 is 0 Å². The third kappa shape index (κ3) is 2.80. The molecule has 1 N–H and O–H groups in total. The third-order valence-corrected chi connectivity index (χ3v) is 4.64. The van der Waals surface area contributed by atoms with Crippen molar-refractivity contribution in [1.82, 2.24) is 9.55 Å². The molecule has 22 heavy (non-hydrogen) atoms. The van der Waals surface area contributed by atoms with E-state index in [0.717, 1.165) is 21.8 Å². The van der Waals surface area contributed by atoms with Gasteiger partial charge in [0.05, 0.1) is 4.88 Å². The van der Waals surface area contributed by atoms with Crippen LogP contribution in [0.15, 0.2) is 54.2 Å². The lowest BCUT2D eigenvalue weighted by Crippen LogP contribution is -2.21.